The number of rotatable bonds is 6. The zero-order valence-electron chi connectivity index (χ0n) is 14.1. The van der Waals surface area contributed by atoms with Gasteiger partial charge in [-0.25, -0.2) is 4.98 Å². The molecule has 0 saturated carbocycles. The SMILES string of the molecule is CC(C)CNCC(=Cc1csc(C(C)(C)C)n1)C(C)C. The van der Waals surface area contributed by atoms with Gasteiger partial charge < -0.3 is 5.32 Å². The maximum Gasteiger partial charge on any atom is 0.0985 e. The van der Waals surface area contributed by atoms with Gasteiger partial charge in [0.25, 0.3) is 0 Å². The third-order valence-corrected chi connectivity index (χ3v) is 4.41. The van der Waals surface area contributed by atoms with Gasteiger partial charge in [-0.05, 0) is 24.5 Å². The molecule has 1 aromatic rings. The van der Waals surface area contributed by atoms with E-state index in [1.54, 1.807) is 11.3 Å². The van der Waals surface area contributed by atoms with Gasteiger partial charge in [-0.15, -0.1) is 11.3 Å². The molecule has 20 heavy (non-hydrogen) atoms. The lowest BCUT2D eigenvalue weighted by molar-refractivity contribution is 0.558. The molecule has 3 heteroatoms. The van der Waals surface area contributed by atoms with Gasteiger partial charge in [0, 0.05) is 17.3 Å². The fourth-order valence-corrected chi connectivity index (χ4v) is 2.68. The smallest absolute Gasteiger partial charge is 0.0985 e. The lowest BCUT2D eigenvalue weighted by Gasteiger charge is -2.14. The van der Waals surface area contributed by atoms with Crippen LogP contribution in [-0.2, 0) is 5.41 Å². The van der Waals surface area contributed by atoms with Crippen molar-refractivity contribution >= 4 is 17.4 Å². The van der Waals surface area contributed by atoms with E-state index in [2.05, 4.69) is 65.2 Å². The highest BCUT2D eigenvalue weighted by Gasteiger charge is 2.17. The number of nitrogens with one attached hydrogen (secondary N) is 1. The number of thiazole rings is 1. The van der Waals surface area contributed by atoms with Crippen molar-refractivity contribution in [2.75, 3.05) is 13.1 Å². The summed E-state index contributed by atoms with van der Waals surface area (Å²) in [7, 11) is 0. The van der Waals surface area contributed by atoms with Gasteiger partial charge in [-0.3, -0.25) is 0 Å². The average Bonchev–Trinajstić information content (AvgIpc) is 2.75. The Morgan fingerprint density at radius 2 is 1.95 bits per heavy atom. The number of hydrogen-bond acceptors (Lipinski definition) is 3. The van der Waals surface area contributed by atoms with Crippen molar-refractivity contribution in [3.05, 3.63) is 21.7 Å². The van der Waals surface area contributed by atoms with Crippen LogP contribution in [0.2, 0.25) is 0 Å². The molecule has 2 nitrogen and oxygen atoms in total. The molecule has 0 spiro atoms. The molecule has 0 saturated heterocycles. The Balaban J connectivity index is 2.78. The van der Waals surface area contributed by atoms with Gasteiger partial charge in [0.15, 0.2) is 0 Å². The maximum atomic E-state index is 4.76. The topological polar surface area (TPSA) is 24.9 Å². The summed E-state index contributed by atoms with van der Waals surface area (Å²) in [5.74, 6) is 1.24. The lowest BCUT2D eigenvalue weighted by Crippen LogP contribution is -2.23. The van der Waals surface area contributed by atoms with Crippen LogP contribution in [0, 0.1) is 11.8 Å². The predicted octanol–water partition coefficient (Wildman–Crippen LogP) is 4.73. The van der Waals surface area contributed by atoms with Crippen LogP contribution in [-0.4, -0.2) is 18.1 Å². The molecule has 1 rings (SSSR count). The third-order valence-electron chi connectivity index (χ3n) is 3.12. The van der Waals surface area contributed by atoms with Gasteiger partial charge >= 0.3 is 0 Å². The highest BCUT2D eigenvalue weighted by molar-refractivity contribution is 7.09. The van der Waals surface area contributed by atoms with Gasteiger partial charge in [-0.1, -0.05) is 54.0 Å². The average molecular weight is 295 g/mol. The third kappa shape index (κ3) is 5.76. The second-order valence-electron chi connectivity index (χ2n) is 7.23. The quantitative estimate of drug-likeness (QED) is 0.820. The Bertz CT molecular complexity index is 436. The highest BCUT2D eigenvalue weighted by Crippen LogP contribution is 2.26. The standard InChI is InChI=1S/C17H30N2S/c1-12(2)9-18-10-14(13(3)4)8-15-11-20-16(19-15)17(5,6)7/h8,11-13,18H,9-10H2,1-7H3. The number of hydrogen-bond donors (Lipinski definition) is 1. The molecule has 0 radical (unpaired) electrons. The molecule has 0 aliphatic rings. The Hall–Kier alpha value is -0.670. The summed E-state index contributed by atoms with van der Waals surface area (Å²) >= 11 is 1.76. The fraction of sp³-hybridized carbons (Fsp3) is 0.706. The Morgan fingerprint density at radius 3 is 2.40 bits per heavy atom. The summed E-state index contributed by atoms with van der Waals surface area (Å²) in [5, 5.41) is 6.91. The minimum absolute atomic E-state index is 0.143. The first-order chi connectivity index (χ1) is 9.20. The summed E-state index contributed by atoms with van der Waals surface area (Å²) in [6.45, 7) is 17.6. The molecule has 0 amide bonds. The fourth-order valence-electron chi connectivity index (χ4n) is 1.81. The summed E-state index contributed by atoms with van der Waals surface area (Å²) < 4.78 is 0. The van der Waals surface area contributed by atoms with Crippen LogP contribution >= 0.6 is 11.3 Å². The summed E-state index contributed by atoms with van der Waals surface area (Å²) in [5.41, 5.74) is 2.68. The van der Waals surface area contributed by atoms with Crippen molar-refractivity contribution in [1.82, 2.24) is 10.3 Å². The lowest BCUT2D eigenvalue weighted by atomic mass is 9.98. The van der Waals surface area contributed by atoms with E-state index in [-0.39, 0.29) is 5.41 Å². The molecular formula is C17H30N2S. The molecule has 0 aromatic carbocycles. The number of aromatic nitrogens is 1. The molecule has 0 bridgehead atoms. The van der Waals surface area contributed by atoms with E-state index in [9.17, 15) is 0 Å². The van der Waals surface area contributed by atoms with Crippen molar-refractivity contribution in [3.8, 4) is 0 Å². The molecule has 0 unspecified atom stereocenters. The molecule has 114 valence electrons. The van der Waals surface area contributed by atoms with Crippen molar-refractivity contribution in [2.45, 2.75) is 53.9 Å². The molecule has 1 aromatic heterocycles. The largest absolute Gasteiger partial charge is 0.313 e. The first kappa shape index (κ1) is 17.4. The first-order valence-corrected chi connectivity index (χ1v) is 8.45. The Morgan fingerprint density at radius 1 is 1.30 bits per heavy atom. The zero-order chi connectivity index (χ0) is 15.3. The molecule has 0 aliphatic carbocycles. The van der Waals surface area contributed by atoms with Crippen LogP contribution in [0.25, 0.3) is 6.08 Å². The first-order valence-electron chi connectivity index (χ1n) is 7.57. The summed E-state index contributed by atoms with van der Waals surface area (Å²) in [6, 6.07) is 0. The van der Waals surface area contributed by atoms with Gasteiger partial charge in [0.2, 0.25) is 0 Å². The van der Waals surface area contributed by atoms with Gasteiger partial charge in [-0.2, -0.15) is 0 Å². The van der Waals surface area contributed by atoms with E-state index in [0.29, 0.717) is 11.8 Å². The van der Waals surface area contributed by atoms with E-state index in [1.165, 1.54) is 10.6 Å². The van der Waals surface area contributed by atoms with Crippen molar-refractivity contribution < 1.29 is 0 Å². The second kappa shape index (κ2) is 7.37. The van der Waals surface area contributed by atoms with Crippen LogP contribution in [0.5, 0.6) is 0 Å². The second-order valence-corrected chi connectivity index (χ2v) is 8.08. The maximum absolute atomic E-state index is 4.76. The molecule has 1 N–H and O–H groups in total. The minimum Gasteiger partial charge on any atom is -0.313 e. The Kier molecular flexibility index (Phi) is 6.41. The zero-order valence-corrected chi connectivity index (χ0v) is 14.9. The van der Waals surface area contributed by atoms with Crippen molar-refractivity contribution in [1.29, 1.82) is 0 Å². The van der Waals surface area contributed by atoms with Crippen LogP contribution in [0.1, 0.15) is 59.2 Å². The van der Waals surface area contributed by atoms with E-state index < -0.39 is 0 Å². The van der Waals surface area contributed by atoms with Crippen LogP contribution in [0.15, 0.2) is 11.0 Å². The highest BCUT2D eigenvalue weighted by atomic mass is 32.1. The minimum atomic E-state index is 0.143. The van der Waals surface area contributed by atoms with Crippen LogP contribution in [0.4, 0.5) is 0 Å². The number of nitrogens with zero attached hydrogens (tertiary/aromatic N) is 1. The van der Waals surface area contributed by atoms with E-state index >= 15 is 0 Å². The van der Waals surface area contributed by atoms with Crippen LogP contribution < -0.4 is 5.32 Å². The molecule has 1 heterocycles. The van der Waals surface area contributed by atoms with Crippen molar-refractivity contribution in [3.63, 3.8) is 0 Å². The Labute approximate surface area is 128 Å². The normalized spacial score (nSPS) is 13.6. The summed E-state index contributed by atoms with van der Waals surface area (Å²) in [6.07, 6.45) is 2.25. The van der Waals surface area contributed by atoms with Crippen molar-refractivity contribution in [2.24, 2.45) is 11.8 Å². The molecular weight excluding hydrogens is 264 g/mol. The van der Waals surface area contributed by atoms with Crippen LogP contribution in [0.3, 0.4) is 0 Å². The van der Waals surface area contributed by atoms with E-state index in [0.717, 1.165) is 18.8 Å². The molecule has 0 fully saturated rings. The summed E-state index contributed by atoms with van der Waals surface area (Å²) in [4.78, 5) is 4.76. The van der Waals surface area contributed by atoms with E-state index in [4.69, 9.17) is 4.98 Å². The predicted molar refractivity (Wildman–Crippen MR) is 91.3 cm³/mol. The van der Waals surface area contributed by atoms with Gasteiger partial charge in [0.05, 0.1) is 10.7 Å². The molecule has 0 atom stereocenters. The van der Waals surface area contributed by atoms with E-state index in [1.807, 2.05) is 0 Å². The molecule has 0 aliphatic heterocycles. The van der Waals surface area contributed by atoms with Gasteiger partial charge in [0.1, 0.15) is 0 Å². The monoisotopic (exact) mass is 294 g/mol.